The molecule has 2 nitrogen and oxygen atoms in total. The first kappa shape index (κ1) is 14.0. The zero-order valence-electron chi connectivity index (χ0n) is 9.67. The molecule has 0 fully saturated rings. The second-order valence-corrected chi connectivity index (χ2v) is 4.00. The van der Waals surface area contributed by atoms with Gasteiger partial charge in [0, 0.05) is 6.42 Å². The number of rotatable bonds is 9. The standard InChI is InChI=1S/C13H22O2/c1-3-5-6-7-8-9-11-12(10-4-2)13(14)15/h2,12H,3,5-11H2,1H3,(H,14,15)/t12-/m1/s1. The molecule has 0 amide bonds. The Kier molecular flexibility index (Phi) is 8.96. The van der Waals surface area contributed by atoms with Crippen molar-refractivity contribution in [2.75, 3.05) is 0 Å². The molecule has 0 spiro atoms. The zero-order chi connectivity index (χ0) is 11.5. The maximum Gasteiger partial charge on any atom is 0.307 e. The number of hydrogen-bond donors (Lipinski definition) is 1. The van der Waals surface area contributed by atoms with Gasteiger partial charge in [-0.05, 0) is 6.42 Å². The molecule has 0 heterocycles. The van der Waals surface area contributed by atoms with Crippen LogP contribution in [0, 0.1) is 18.3 Å². The SMILES string of the molecule is C#CC[C@H](CCCCCCCC)C(=O)O. The summed E-state index contributed by atoms with van der Waals surface area (Å²) in [6.45, 7) is 2.19. The molecule has 0 aliphatic rings. The number of aliphatic carboxylic acids is 1. The highest BCUT2D eigenvalue weighted by molar-refractivity contribution is 5.70. The van der Waals surface area contributed by atoms with Gasteiger partial charge in [0.1, 0.15) is 0 Å². The van der Waals surface area contributed by atoms with Gasteiger partial charge in [-0.25, -0.2) is 0 Å². The normalized spacial score (nSPS) is 12.0. The Labute approximate surface area is 93.1 Å². The third kappa shape index (κ3) is 8.05. The van der Waals surface area contributed by atoms with E-state index in [4.69, 9.17) is 11.5 Å². The van der Waals surface area contributed by atoms with Gasteiger partial charge in [0.15, 0.2) is 0 Å². The fourth-order valence-electron chi connectivity index (χ4n) is 1.63. The lowest BCUT2D eigenvalue weighted by Crippen LogP contribution is -2.12. The van der Waals surface area contributed by atoms with Crippen LogP contribution < -0.4 is 0 Å². The molecule has 86 valence electrons. The molecule has 0 aromatic carbocycles. The van der Waals surface area contributed by atoms with Crippen LogP contribution in [0.2, 0.25) is 0 Å². The van der Waals surface area contributed by atoms with Crippen LogP contribution in [0.3, 0.4) is 0 Å². The number of carboxylic acids is 1. The number of carboxylic acid groups (broad SMARTS) is 1. The molecule has 0 bridgehead atoms. The molecule has 1 atom stereocenters. The van der Waals surface area contributed by atoms with Crippen molar-refractivity contribution >= 4 is 5.97 Å². The monoisotopic (exact) mass is 210 g/mol. The van der Waals surface area contributed by atoms with Crippen LogP contribution in [-0.2, 0) is 4.79 Å². The largest absolute Gasteiger partial charge is 0.481 e. The molecule has 0 unspecified atom stereocenters. The summed E-state index contributed by atoms with van der Waals surface area (Å²) in [6.07, 6.45) is 13.4. The summed E-state index contributed by atoms with van der Waals surface area (Å²) in [5.41, 5.74) is 0. The first-order valence-corrected chi connectivity index (χ1v) is 5.88. The van der Waals surface area contributed by atoms with Crippen LogP contribution in [0.25, 0.3) is 0 Å². The van der Waals surface area contributed by atoms with E-state index in [2.05, 4.69) is 12.8 Å². The molecule has 0 aromatic heterocycles. The summed E-state index contributed by atoms with van der Waals surface area (Å²) in [4.78, 5) is 10.8. The summed E-state index contributed by atoms with van der Waals surface area (Å²) in [6, 6.07) is 0. The van der Waals surface area contributed by atoms with E-state index >= 15 is 0 Å². The van der Waals surface area contributed by atoms with Gasteiger partial charge in [-0.2, -0.15) is 0 Å². The Morgan fingerprint density at radius 3 is 2.40 bits per heavy atom. The summed E-state index contributed by atoms with van der Waals surface area (Å²) >= 11 is 0. The van der Waals surface area contributed by atoms with Crippen LogP contribution in [0.5, 0.6) is 0 Å². The molecule has 0 aromatic rings. The lowest BCUT2D eigenvalue weighted by atomic mass is 9.98. The predicted octanol–water partition coefficient (Wildman–Crippen LogP) is 3.46. The molecule has 0 radical (unpaired) electrons. The minimum atomic E-state index is -0.749. The highest BCUT2D eigenvalue weighted by Crippen LogP contribution is 2.15. The molecule has 15 heavy (non-hydrogen) atoms. The minimum Gasteiger partial charge on any atom is -0.481 e. The van der Waals surface area contributed by atoms with Gasteiger partial charge in [0.25, 0.3) is 0 Å². The number of carbonyl (C=O) groups is 1. The van der Waals surface area contributed by atoms with E-state index in [-0.39, 0.29) is 5.92 Å². The van der Waals surface area contributed by atoms with Crippen LogP contribution in [-0.4, -0.2) is 11.1 Å². The Morgan fingerprint density at radius 1 is 1.27 bits per heavy atom. The molecule has 0 aliphatic carbocycles. The van der Waals surface area contributed by atoms with E-state index in [9.17, 15) is 4.79 Å². The molecular formula is C13H22O2. The fraction of sp³-hybridized carbons (Fsp3) is 0.769. The molecule has 0 saturated carbocycles. The third-order valence-electron chi connectivity index (χ3n) is 2.62. The van der Waals surface area contributed by atoms with Crippen molar-refractivity contribution in [1.29, 1.82) is 0 Å². The van der Waals surface area contributed by atoms with Crippen molar-refractivity contribution in [2.45, 2.75) is 58.3 Å². The summed E-state index contributed by atoms with van der Waals surface area (Å²) in [5.74, 6) is 1.35. The Hall–Kier alpha value is -0.970. The fourth-order valence-corrected chi connectivity index (χ4v) is 1.63. The van der Waals surface area contributed by atoms with E-state index in [0.717, 1.165) is 19.3 Å². The van der Waals surface area contributed by atoms with Crippen LogP contribution in [0.1, 0.15) is 58.3 Å². The minimum absolute atomic E-state index is 0.332. The molecule has 0 rings (SSSR count). The van der Waals surface area contributed by atoms with Crippen molar-refractivity contribution in [3.8, 4) is 12.3 Å². The second-order valence-electron chi connectivity index (χ2n) is 4.00. The number of unbranched alkanes of at least 4 members (excludes halogenated alkanes) is 5. The Morgan fingerprint density at radius 2 is 1.87 bits per heavy atom. The van der Waals surface area contributed by atoms with Gasteiger partial charge in [0.05, 0.1) is 5.92 Å². The van der Waals surface area contributed by atoms with Crippen molar-refractivity contribution < 1.29 is 9.90 Å². The van der Waals surface area contributed by atoms with Crippen molar-refractivity contribution in [3.63, 3.8) is 0 Å². The quantitative estimate of drug-likeness (QED) is 0.467. The average molecular weight is 210 g/mol. The first-order valence-electron chi connectivity index (χ1n) is 5.88. The summed E-state index contributed by atoms with van der Waals surface area (Å²) in [5, 5.41) is 8.85. The molecule has 2 heteroatoms. The number of hydrogen-bond acceptors (Lipinski definition) is 1. The average Bonchev–Trinajstić information content (AvgIpc) is 2.21. The van der Waals surface area contributed by atoms with Gasteiger partial charge in [-0.3, -0.25) is 4.79 Å². The highest BCUT2D eigenvalue weighted by Gasteiger charge is 2.14. The van der Waals surface area contributed by atoms with E-state index in [0.29, 0.717) is 6.42 Å². The van der Waals surface area contributed by atoms with Gasteiger partial charge in [0.2, 0.25) is 0 Å². The molecule has 0 saturated heterocycles. The lowest BCUT2D eigenvalue weighted by molar-refractivity contribution is -0.141. The van der Waals surface area contributed by atoms with Crippen LogP contribution >= 0.6 is 0 Å². The summed E-state index contributed by atoms with van der Waals surface area (Å²) < 4.78 is 0. The lowest BCUT2D eigenvalue weighted by Gasteiger charge is -2.08. The maximum absolute atomic E-state index is 10.8. The van der Waals surface area contributed by atoms with Gasteiger partial charge < -0.3 is 5.11 Å². The van der Waals surface area contributed by atoms with Crippen molar-refractivity contribution in [1.82, 2.24) is 0 Å². The van der Waals surface area contributed by atoms with Crippen LogP contribution in [0.4, 0.5) is 0 Å². The highest BCUT2D eigenvalue weighted by atomic mass is 16.4. The third-order valence-corrected chi connectivity index (χ3v) is 2.62. The second kappa shape index (κ2) is 9.58. The van der Waals surface area contributed by atoms with Crippen LogP contribution in [0.15, 0.2) is 0 Å². The summed E-state index contributed by atoms with van der Waals surface area (Å²) in [7, 11) is 0. The first-order chi connectivity index (χ1) is 7.22. The molecular weight excluding hydrogens is 188 g/mol. The topological polar surface area (TPSA) is 37.3 Å². The van der Waals surface area contributed by atoms with E-state index in [1.165, 1.54) is 25.7 Å². The molecule has 0 aliphatic heterocycles. The predicted molar refractivity (Wildman–Crippen MR) is 62.6 cm³/mol. The Balaban J connectivity index is 3.46. The Bertz CT molecular complexity index is 203. The van der Waals surface area contributed by atoms with E-state index in [1.54, 1.807) is 0 Å². The van der Waals surface area contributed by atoms with E-state index < -0.39 is 5.97 Å². The van der Waals surface area contributed by atoms with Crippen molar-refractivity contribution in [2.24, 2.45) is 5.92 Å². The smallest absolute Gasteiger partial charge is 0.307 e. The van der Waals surface area contributed by atoms with Gasteiger partial charge in [-0.1, -0.05) is 45.4 Å². The van der Waals surface area contributed by atoms with Gasteiger partial charge in [-0.15, -0.1) is 12.3 Å². The van der Waals surface area contributed by atoms with E-state index in [1.807, 2.05) is 0 Å². The van der Waals surface area contributed by atoms with Gasteiger partial charge >= 0.3 is 5.97 Å². The van der Waals surface area contributed by atoms with Crippen molar-refractivity contribution in [3.05, 3.63) is 0 Å². The maximum atomic E-state index is 10.8. The number of terminal acetylenes is 1. The molecule has 1 N–H and O–H groups in total. The zero-order valence-corrected chi connectivity index (χ0v) is 9.67.